The molecule has 2 bridgehead atoms. The minimum absolute atomic E-state index is 0.613. The number of thioether (sulfide) groups is 1. The number of fused-ring (bicyclic) bond motifs is 3. The molecular formula is C17H18OS. The molecular weight excluding hydrogens is 252 g/mol. The fourth-order valence-corrected chi connectivity index (χ4v) is 5.60. The van der Waals surface area contributed by atoms with E-state index < -0.39 is 5.60 Å². The lowest BCUT2D eigenvalue weighted by Crippen LogP contribution is -2.34. The zero-order valence-electron chi connectivity index (χ0n) is 10.9. The molecule has 2 heteroatoms. The van der Waals surface area contributed by atoms with Crippen molar-refractivity contribution in [2.75, 3.05) is 0 Å². The van der Waals surface area contributed by atoms with Crippen molar-refractivity contribution in [2.45, 2.75) is 41.8 Å². The maximum atomic E-state index is 11.2. The third-order valence-corrected chi connectivity index (χ3v) is 6.19. The highest BCUT2D eigenvalue weighted by molar-refractivity contribution is 8.00. The second-order valence-electron chi connectivity index (χ2n) is 5.92. The first kappa shape index (κ1) is 11.8. The van der Waals surface area contributed by atoms with Gasteiger partial charge in [-0.25, -0.2) is 0 Å². The molecule has 4 rings (SSSR count). The lowest BCUT2D eigenvalue weighted by Gasteiger charge is -2.37. The molecule has 2 aliphatic heterocycles. The third-order valence-electron chi connectivity index (χ3n) is 4.62. The van der Waals surface area contributed by atoms with Crippen LogP contribution in [0.25, 0.3) is 10.8 Å². The fourth-order valence-electron chi connectivity index (χ4n) is 3.77. The Hall–Kier alpha value is -0.990. The lowest BCUT2D eigenvalue weighted by atomic mass is 9.83. The van der Waals surface area contributed by atoms with E-state index in [9.17, 15) is 5.11 Å². The lowest BCUT2D eigenvalue weighted by molar-refractivity contribution is 0.0211. The molecule has 2 aromatic rings. The van der Waals surface area contributed by atoms with Gasteiger partial charge in [0.1, 0.15) is 0 Å². The first-order chi connectivity index (χ1) is 9.24. The molecule has 0 saturated carbocycles. The Balaban J connectivity index is 1.85. The molecule has 1 N–H and O–H groups in total. The van der Waals surface area contributed by atoms with E-state index in [0.717, 1.165) is 18.4 Å². The van der Waals surface area contributed by atoms with Gasteiger partial charge in [-0.05, 0) is 42.0 Å². The Kier molecular flexibility index (Phi) is 2.64. The highest BCUT2D eigenvalue weighted by Crippen LogP contribution is 2.52. The summed E-state index contributed by atoms with van der Waals surface area (Å²) in [5.41, 5.74) is 0.528. The van der Waals surface area contributed by atoms with Crippen LogP contribution in [0.3, 0.4) is 0 Å². The van der Waals surface area contributed by atoms with Crippen LogP contribution in [0.15, 0.2) is 42.5 Å². The number of benzene rings is 2. The molecule has 0 spiro atoms. The SMILES string of the molecule is OC1(c2cccc3ccccc23)CC2CCC(C1)S2. The van der Waals surface area contributed by atoms with Crippen LogP contribution in [-0.2, 0) is 5.60 Å². The van der Waals surface area contributed by atoms with Gasteiger partial charge in [0.25, 0.3) is 0 Å². The molecule has 2 unspecified atom stereocenters. The minimum Gasteiger partial charge on any atom is -0.385 e. The standard InChI is InChI=1S/C17H18OS/c18-17(10-13-8-9-14(11-17)19-13)16-7-3-5-12-4-1-2-6-15(12)16/h1-7,13-14,18H,8-11H2. The summed E-state index contributed by atoms with van der Waals surface area (Å²) in [6.07, 6.45) is 4.40. The summed E-state index contributed by atoms with van der Waals surface area (Å²) in [5, 5.41) is 15.0. The Morgan fingerprint density at radius 3 is 2.42 bits per heavy atom. The summed E-state index contributed by atoms with van der Waals surface area (Å²) in [5.74, 6) is 0. The smallest absolute Gasteiger partial charge is 0.0923 e. The van der Waals surface area contributed by atoms with Crippen molar-refractivity contribution in [3.8, 4) is 0 Å². The fraction of sp³-hybridized carbons (Fsp3) is 0.412. The van der Waals surface area contributed by atoms with E-state index in [-0.39, 0.29) is 0 Å². The number of rotatable bonds is 1. The predicted molar refractivity (Wildman–Crippen MR) is 81.5 cm³/mol. The summed E-state index contributed by atoms with van der Waals surface area (Å²) in [4.78, 5) is 0. The highest BCUT2D eigenvalue weighted by Gasteiger charge is 2.44. The van der Waals surface area contributed by atoms with Gasteiger partial charge in [0.2, 0.25) is 0 Å². The molecule has 0 amide bonds. The monoisotopic (exact) mass is 270 g/mol. The predicted octanol–water partition coefficient (Wildman–Crippen LogP) is 4.09. The normalized spacial score (nSPS) is 33.7. The van der Waals surface area contributed by atoms with Crippen molar-refractivity contribution in [2.24, 2.45) is 0 Å². The van der Waals surface area contributed by atoms with Crippen molar-refractivity contribution in [1.82, 2.24) is 0 Å². The van der Waals surface area contributed by atoms with Crippen LogP contribution in [0, 0.1) is 0 Å². The average Bonchev–Trinajstić information content (AvgIpc) is 2.78. The van der Waals surface area contributed by atoms with Crippen LogP contribution < -0.4 is 0 Å². The van der Waals surface area contributed by atoms with Crippen LogP contribution in [0.1, 0.15) is 31.2 Å². The topological polar surface area (TPSA) is 20.2 Å². The molecule has 0 radical (unpaired) electrons. The van der Waals surface area contributed by atoms with Gasteiger partial charge in [0.05, 0.1) is 5.60 Å². The maximum absolute atomic E-state index is 11.2. The van der Waals surface area contributed by atoms with Crippen molar-refractivity contribution < 1.29 is 5.11 Å². The summed E-state index contributed by atoms with van der Waals surface area (Å²) >= 11 is 2.09. The van der Waals surface area contributed by atoms with Crippen LogP contribution in [0.2, 0.25) is 0 Å². The zero-order valence-corrected chi connectivity index (χ0v) is 11.7. The molecule has 2 fully saturated rings. The molecule has 19 heavy (non-hydrogen) atoms. The second kappa shape index (κ2) is 4.26. The molecule has 2 aromatic carbocycles. The number of hydrogen-bond donors (Lipinski definition) is 1. The van der Waals surface area contributed by atoms with E-state index in [2.05, 4.69) is 54.2 Å². The zero-order chi connectivity index (χ0) is 12.9. The molecule has 98 valence electrons. The van der Waals surface area contributed by atoms with Crippen molar-refractivity contribution in [3.05, 3.63) is 48.0 Å². The molecule has 0 aromatic heterocycles. The van der Waals surface area contributed by atoms with Crippen LogP contribution >= 0.6 is 11.8 Å². The Labute approximate surface area is 118 Å². The van der Waals surface area contributed by atoms with E-state index >= 15 is 0 Å². The molecule has 2 saturated heterocycles. The number of hydrogen-bond acceptors (Lipinski definition) is 2. The van der Waals surface area contributed by atoms with Gasteiger partial charge in [0, 0.05) is 10.5 Å². The molecule has 0 aliphatic carbocycles. The maximum Gasteiger partial charge on any atom is 0.0923 e. The second-order valence-corrected chi connectivity index (χ2v) is 7.53. The highest BCUT2D eigenvalue weighted by atomic mass is 32.2. The first-order valence-electron chi connectivity index (χ1n) is 7.11. The average molecular weight is 270 g/mol. The van der Waals surface area contributed by atoms with Gasteiger partial charge < -0.3 is 5.11 Å². The Morgan fingerprint density at radius 2 is 1.63 bits per heavy atom. The molecule has 2 atom stereocenters. The van der Waals surface area contributed by atoms with Gasteiger partial charge >= 0.3 is 0 Å². The van der Waals surface area contributed by atoms with Gasteiger partial charge in [-0.3, -0.25) is 0 Å². The quantitative estimate of drug-likeness (QED) is 0.842. The van der Waals surface area contributed by atoms with E-state index in [0.29, 0.717) is 10.5 Å². The summed E-state index contributed by atoms with van der Waals surface area (Å²) in [6, 6.07) is 14.8. The summed E-state index contributed by atoms with van der Waals surface area (Å²) in [6.45, 7) is 0. The Morgan fingerprint density at radius 1 is 0.947 bits per heavy atom. The first-order valence-corrected chi connectivity index (χ1v) is 8.05. The van der Waals surface area contributed by atoms with Crippen molar-refractivity contribution in [1.29, 1.82) is 0 Å². The van der Waals surface area contributed by atoms with Crippen LogP contribution in [-0.4, -0.2) is 15.6 Å². The van der Waals surface area contributed by atoms with E-state index in [1.165, 1.54) is 23.6 Å². The third kappa shape index (κ3) is 1.89. The molecule has 1 nitrogen and oxygen atoms in total. The van der Waals surface area contributed by atoms with Crippen LogP contribution in [0.4, 0.5) is 0 Å². The van der Waals surface area contributed by atoms with Gasteiger partial charge in [0.15, 0.2) is 0 Å². The van der Waals surface area contributed by atoms with Crippen molar-refractivity contribution in [3.63, 3.8) is 0 Å². The Bertz CT molecular complexity index is 604. The van der Waals surface area contributed by atoms with Crippen LogP contribution in [0.5, 0.6) is 0 Å². The van der Waals surface area contributed by atoms with Gasteiger partial charge in [-0.1, -0.05) is 42.5 Å². The minimum atomic E-state index is -0.613. The van der Waals surface area contributed by atoms with E-state index in [1.807, 2.05) is 0 Å². The molecule has 2 aliphatic rings. The molecule has 2 heterocycles. The van der Waals surface area contributed by atoms with Gasteiger partial charge in [-0.2, -0.15) is 11.8 Å². The van der Waals surface area contributed by atoms with Crippen molar-refractivity contribution >= 4 is 22.5 Å². The summed E-state index contributed by atoms with van der Waals surface area (Å²) in [7, 11) is 0. The number of aliphatic hydroxyl groups is 1. The van der Waals surface area contributed by atoms with Gasteiger partial charge in [-0.15, -0.1) is 0 Å². The van der Waals surface area contributed by atoms with E-state index in [1.54, 1.807) is 0 Å². The summed E-state index contributed by atoms with van der Waals surface area (Å²) < 4.78 is 0. The largest absolute Gasteiger partial charge is 0.385 e. The van der Waals surface area contributed by atoms with E-state index in [4.69, 9.17) is 0 Å².